The number of hydrogen-bond acceptors (Lipinski definition) is 6. The molecule has 0 spiro atoms. The first-order valence-corrected chi connectivity index (χ1v) is 9.89. The lowest BCUT2D eigenvalue weighted by Crippen LogP contribution is -2.40. The average molecular weight is 438 g/mol. The number of aromatic hydroxyl groups is 1. The molecule has 0 saturated carbocycles. The standard InChI is InChI=1S/C25H14N2O6/c28-17-7-2-5-15(13-17)26-24(30)20-9-3-8-18-19(10-11-21(22(18)20)25(26)31)23(29)14-4-1-6-16(12-14)27(32)33/h1-13,28H. The van der Waals surface area contributed by atoms with Crippen LogP contribution >= 0.6 is 0 Å². The second-order valence-corrected chi connectivity index (χ2v) is 7.49. The summed E-state index contributed by atoms with van der Waals surface area (Å²) in [5.41, 5.74) is 0.834. The van der Waals surface area contributed by atoms with Crippen molar-refractivity contribution in [2.24, 2.45) is 0 Å². The smallest absolute Gasteiger partial charge is 0.270 e. The summed E-state index contributed by atoms with van der Waals surface area (Å²) in [4.78, 5) is 51.2. The van der Waals surface area contributed by atoms with Crippen molar-refractivity contribution in [2.45, 2.75) is 0 Å². The van der Waals surface area contributed by atoms with Gasteiger partial charge in [0.15, 0.2) is 5.78 Å². The normalized spacial score (nSPS) is 12.8. The molecule has 1 N–H and O–H groups in total. The largest absolute Gasteiger partial charge is 0.508 e. The van der Waals surface area contributed by atoms with Gasteiger partial charge in [-0.2, -0.15) is 0 Å². The number of hydrogen-bond donors (Lipinski definition) is 1. The van der Waals surface area contributed by atoms with Gasteiger partial charge in [0.25, 0.3) is 17.5 Å². The summed E-state index contributed by atoms with van der Waals surface area (Å²) in [5, 5.41) is 21.6. The Balaban J connectivity index is 1.67. The van der Waals surface area contributed by atoms with Crippen LogP contribution in [0.4, 0.5) is 11.4 Å². The van der Waals surface area contributed by atoms with Crippen LogP contribution < -0.4 is 4.90 Å². The number of nitro groups is 1. The molecular weight excluding hydrogens is 424 g/mol. The van der Waals surface area contributed by atoms with Gasteiger partial charge in [-0.3, -0.25) is 24.5 Å². The van der Waals surface area contributed by atoms with Gasteiger partial charge in [-0.15, -0.1) is 0 Å². The number of nitrogens with zero attached hydrogens (tertiary/aromatic N) is 2. The van der Waals surface area contributed by atoms with Crippen LogP contribution in [0.2, 0.25) is 0 Å². The first-order chi connectivity index (χ1) is 15.9. The molecule has 5 rings (SSSR count). The molecule has 1 aliphatic heterocycles. The minimum Gasteiger partial charge on any atom is -0.508 e. The number of non-ortho nitro benzene ring substituents is 1. The van der Waals surface area contributed by atoms with Gasteiger partial charge in [0, 0.05) is 45.8 Å². The van der Waals surface area contributed by atoms with Crippen molar-refractivity contribution < 1.29 is 24.4 Å². The van der Waals surface area contributed by atoms with E-state index in [9.17, 15) is 29.6 Å². The highest BCUT2D eigenvalue weighted by Gasteiger charge is 2.35. The topological polar surface area (TPSA) is 118 Å². The molecule has 0 saturated heterocycles. The van der Waals surface area contributed by atoms with Crippen LogP contribution in [-0.2, 0) is 0 Å². The Bertz CT molecular complexity index is 1500. The summed E-state index contributed by atoms with van der Waals surface area (Å²) in [6, 6.07) is 19.0. The summed E-state index contributed by atoms with van der Waals surface area (Å²) in [6.45, 7) is 0. The fraction of sp³-hybridized carbons (Fsp3) is 0. The summed E-state index contributed by atoms with van der Waals surface area (Å²) in [6.07, 6.45) is 0. The maximum absolute atomic E-state index is 13.3. The third kappa shape index (κ3) is 3.12. The fourth-order valence-electron chi connectivity index (χ4n) is 4.08. The summed E-state index contributed by atoms with van der Waals surface area (Å²) >= 11 is 0. The van der Waals surface area contributed by atoms with E-state index >= 15 is 0 Å². The Morgan fingerprint density at radius 3 is 2.27 bits per heavy atom. The molecule has 4 aromatic rings. The quantitative estimate of drug-likeness (QED) is 0.217. The highest BCUT2D eigenvalue weighted by molar-refractivity contribution is 6.37. The SMILES string of the molecule is O=C(c1cccc([N+](=O)[O-])c1)c1ccc2c3c(cccc13)C(=O)N(c1cccc(O)c1)C2=O. The van der Waals surface area contributed by atoms with E-state index in [1.165, 1.54) is 54.6 Å². The zero-order chi connectivity index (χ0) is 23.3. The van der Waals surface area contributed by atoms with Gasteiger partial charge in [-0.1, -0.05) is 30.3 Å². The summed E-state index contributed by atoms with van der Waals surface area (Å²) in [5.74, 6) is -1.71. The molecule has 1 aliphatic rings. The van der Waals surface area contributed by atoms with E-state index in [-0.39, 0.29) is 39.4 Å². The molecule has 0 bridgehead atoms. The molecular formula is C25H14N2O6. The predicted molar refractivity (Wildman–Crippen MR) is 120 cm³/mol. The van der Waals surface area contributed by atoms with Crippen molar-refractivity contribution in [3.05, 3.63) is 111 Å². The molecule has 4 aromatic carbocycles. The predicted octanol–water partition coefficient (Wildman–Crippen LogP) is 4.49. The molecule has 1 heterocycles. The van der Waals surface area contributed by atoms with Crippen LogP contribution in [0.1, 0.15) is 36.6 Å². The number of benzene rings is 4. The third-order valence-electron chi connectivity index (χ3n) is 5.56. The number of anilines is 1. The fourth-order valence-corrected chi connectivity index (χ4v) is 4.08. The van der Waals surface area contributed by atoms with Gasteiger partial charge in [-0.05, 0) is 35.7 Å². The van der Waals surface area contributed by atoms with Crippen LogP contribution in [0, 0.1) is 10.1 Å². The first kappa shape index (κ1) is 20.1. The molecule has 0 atom stereocenters. The number of rotatable bonds is 4. The molecule has 2 amide bonds. The van der Waals surface area contributed by atoms with Gasteiger partial charge < -0.3 is 5.11 Å². The van der Waals surface area contributed by atoms with E-state index < -0.39 is 22.5 Å². The van der Waals surface area contributed by atoms with Gasteiger partial charge in [-0.25, -0.2) is 4.90 Å². The second kappa shape index (κ2) is 7.38. The molecule has 0 radical (unpaired) electrons. The first-order valence-electron chi connectivity index (χ1n) is 9.89. The lowest BCUT2D eigenvalue weighted by molar-refractivity contribution is -0.384. The zero-order valence-electron chi connectivity index (χ0n) is 16.9. The number of amides is 2. The molecule has 160 valence electrons. The molecule has 0 unspecified atom stereocenters. The van der Waals surface area contributed by atoms with Crippen LogP contribution in [0.3, 0.4) is 0 Å². The second-order valence-electron chi connectivity index (χ2n) is 7.49. The monoisotopic (exact) mass is 438 g/mol. The number of carbonyl (C=O) groups is 3. The lowest BCUT2D eigenvalue weighted by Gasteiger charge is -2.27. The van der Waals surface area contributed by atoms with Crippen molar-refractivity contribution >= 4 is 39.7 Å². The third-order valence-corrected chi connectivity index (χ3v) is 5.56. The van der Waals surface area contributed by atoms with E-state index in [0.29, 0.717) is 10.8 Å². The van der Waals surface area contributed by atoms with Crippen molar-refractivity contribution in [1.82, 2.24) is 0 Å². The van der Waals surface area contributed by atoms with Gasteiger partial charge in [0.1, 0.15) is 5.75 Å². The van der Waals surface area contributed by atoms with E-state index in [2.05, 4.69) is 0 Å². The number of phenols is 1. The van der Waals surface area contributed by atoms with Gasteiger partial charge in [0.05, 0.1) is 10.6 Å². The maximum atomic E-state index is 13.3. The average Bonchev–Trinajstić information content (AvgIpc) is 2.82. The molecule has 33 heavy (non-hydrogen) atoms. The number of imide groups is 1. The van der Waals surface area contributed by atoms with Crippen molar-refractivity contribution in [1.29, 1.82) is 0 Å². The number of carbonyl (C=O) groups excluding carboxylic acids is 3. The minimum absolute atomic E-state index is 0.0880. The van der Waals surface area contributed by atoms with Crippen molar-refractivity contribution in [2.75, 3.05) is 4.90 Å². The minimum atomic E-state index is -0.582. The zero-order valence-corrected chi connectivity index (χ0v) is 16.9. The Hall–Kier alpha value is -4.85. The van der Waals surface area contributed by atoms with E-state index in [0.717, 1.165) is 4.90 Å². The number of phenolic OH excluding ortho intramolecular Hbond substituents is 1. The van der Waals surface area contributed by atoms with Crippen LogP contribution in [0.5, 0.6) is 5.75 Å². The molecule has 0 aromatic heterocycles. The molecule has 8 heteroatoms. The Morgan fingerprint density at radius 2 is 1.55 bits per heavy atom. The number of ketones is 1. The van der Waals surface area contributed by atoms with Crippen LogP contribution in [-0.4, -0.2) is 27.6 Å². The Labute approximate surface area is 186 Å². The Kier molecular flexibility index (Phi) is 4.49. The van der Waals surface area contributed by atoms with Crippen LogP contribution in [0.25, 0.3) is 10.8 Å². The van der Waals surface area contributed by atoms with Crippen molar-refractivity contribution in [3.8, 4) is 5.75 Å². The highest BCUT2D eigenvalue weighted by Crippen LogP contribution is 2.36. The van der Waals surface area contributed by atoms with Crippen molar-refractivity contribution in [3.63, 3.8) is 0 Å². The highest BCUT2D eigenvalue weighted by atomic mass is 16.6. The van der Waals surface area contributed by atoms with E-state index in [1.54, 1.807) is 24.3 Å². The van der Waals surface area contributed by atoms with E-state index in [1.807, 2.05) is 0 Å². The van der Waals surface area contributed by atoms with E-state index in [4.69, 9.17) is 0 Å². The Morgan fingerprint density at radius 1 is 0.848 bits per heavy atom. The molecule has 8 nitrogen and oxygen atoms in total. The lowest BCUT2D eigenvalue weighted by atomic mass is 9.88. The molecule has 0 fully saturated rings. The van der Waals surface area contributed by atoms with Gasteiger partial charge >= 0.3 is 0 Å². The summed E-state index contributed by atoms with van der Waals surface area (Å²) < 4.78 is 0. The van der Waals surface area contributed by atoms with Crippen LogP contribution in [0.15, 0.2) is 78.9 Å². The maximum Gasteiger partial charge on any atom is 0.270 e. The summed E-state index contributed by atoms with van der Waals surface area (Å²) in [7, 11) is 0. The number of nitro benzene ring substituents is 1. The molecule has 0 aliphatic carbocycles. The van der Waals surface area contributed by atoms with Gasteiger partial charge in [0.2, 0.25) is 0 Å².